The molecule has 0 spiro atoms. The second kappa shape index (κ2) is 11.8. The first-order valence-corrected chi connectivity index (χ1v) is 6.74. The molecular formula is C10H18ClI. The highest BCUT2D eigenvalue weighted by atomic mass is 127. The molecule has 0 aromatic heterocycles. The molecular weight excluding hydrogens is 282 g/mol. The van der Waals surface area contributed by atoms with Gasteiger partial charge in [-0.25, -0.2) is 0 Å². The summed E-state index contributed by atoms with van der Waals surface area (Å²) in [6.07, 6.45) is 12.3. The van der Waals surface area contributed by atoms with Gasteiger partial charge in [0.2, 0.25) is 0 Å². The first-order valence-electron chi connectivity index (χ1n) is 4.68. The number of unbranched alkanes of at least 4 members (excludes halogenated alkanes) is 5. The quantitative estimate of drug-likeness (QED) is 0.267. The van der Waals surface area contributed by atoms with Crippen molar-refractivity contribution < 1.29 is 0 Å². The summed E-state index contributed by atoms with van der Waals surface area (Å²) in [7, 11) is 0. The van der Waals surface area contributed by atoms with Gasteiger partial charge in [-0.05, 0) is 23.7 Å². The molecule has 2 heteroatoms. The molecule has 0 aliphatic rings. The third kappa shape index (κ3) is 10.8. The Morgan fingerprint density at radius 3 is 2.25 bits per heavy atom. The lowest BCUT2D eigenvalue weighted by Gasteiger charge is -1.96. The van der Waals surface area contributed by atoms with Crippen LogP contribution in [0, 0.1) is 0 Å². The van der Waals surface area contributed by atoms with E-state index in [1.54, 1.807) is 0 Å². The Kier molecular flexibility index (Phi) is 12.5. The van der Waals surface area contributed by atoms with Gasteiger partial charge < -0.3 is 0 Å². The van der Waals surface area contributed by atoms with Crippen LogP contribution in [0.1, 0.15) is 38.5 Å². The molecule has 0 nitrogen and oxygen atoms in total. The smallest absolute Gasteiger partial charge is 0.0404 e. The number of alkyl halides is 2. The molecule has 0 saturated carbocycles. The molecule has 0 amide bonds. The standard InChI is InChI=1S/C10H18ClI/c11-9-7-5-3-1-2-4-6-8-10-12/h5,7H,1-4,6,8-10H2. The van der Waals surface area contributed by atoms with Gasteiger partial charge in [0.1, 0.15) is 0 Å². The summed E-state index contributed by atoms with van der Waals surface area (Å²) in [4.78, 5) is 0. The van der Waals surface area contributed by atoms with Crippen molar-refractivity contribution in [1.29, 1.82) is 0 Å². The van der Waals surface area contributed by atoms with Crippen LogP contribution < -0.4 is 0 Å². The number of halogens is 2. The minimum Gasteiger partial charge on any atom is -0.122 e. The van der Waals surface area contributed by atoms with Gasteiger partial charge in [0.05, 0.1) is 0 Å². The normalized spacial score (nSPS) is 11.2. The van der Waals surface area contributed by atoms with Crippen molar-refractivity contribution >= 4 is 34.2 Å². The Morgan fingerprint density at radius 2 is 1.58 bits per heavy atom. The average Bonchev–Trinajstić information content (AvgIpc) is 2.10. The lowest BCUT2D eigenvalue weighted by molar-refractivity contribution is 0.642. The fourth-order valence-electron chi connectivity index (χ4n) is 1.07. The van der Waals surface area contributed by atoms with Gasteiger partial charge in [-0.2, -0.15) is 0 Å². The van der Waals surface area contributed by atoms with Crippen molar-refractivity contribution in [3.8, 4) is 0 Å². The van der Waals surface area contributed by atoms with Crippen molar-refractivity contribution in [2.45, 2.75) is 38.5 Å². The first kappa shape index (κ1) is 12.8. The van der Waals surface area contributed by atoms with E-state index in [1.807, 2.05) is 6.08 Å². The largest absolute Gasteiger partial charge is 0.122 e. The van der Waals surface area contributed by atoms with Crippen molar-refractivity contribution in [1.82, 2.24) is 0 Å². The molecule has 0 rings (SSSR count). The molecule has 0 aromatic carbocycles. The third-order valence-electron chi connectivity index (χ3n) is 1.76. The van der Waals surface area contributed by atoms with Crippen LogP contribution in [0.25, 0.3) is 0 Å². The van der Waals surface area contributed by atoms with Crippen molar-refractivity contribution in [3.63, 3.8) is 0 Å². The van der Waals surface area contributed by atoms with E-state index in [2.05, 4.69) is 28.7 Å². The second-order valence-electron chi connectivity index (χ2n) is 2.87. The predicted molar refractivity (Wildman–Crippen MR) is 66.4 cm³/mol. The molecule has 12 heavy (non-hydrogen) atoms. The van der Waals surface area contributed by atoms with Gasteiger partial charge in [-0.15, -0.1) is 11.6 Å². The number of rotatable bonds is 8. The van der Waals surface area contributed by atoms with E-state index in [0.29, 0.717) is 5.88 Å². The first-order chi connectivity index (χ1) is 5.91. The van der Waals surface area contributed by atoms with Gasteiger partial charge in [0, 0.05) is 5.88 Å². The molecule has 0 N–H and O–H groups in total. The van der Waals surface area contributed by atoms with Crippen molar-refractivity contribution in [2.75, 3.05) is 10.3 Å². The topological polar surface area (TPSA) is 0 Å². The maximum absolute atomic E-state index is 5.50. The molecule has 0 atom stereocenters. The summed E-state index contributed by atoms with van der Waals surface area (Å²) >= 11 is 7.94. The molecule has 0 saturated heterocycles. The van der Waals surface area contributed by atoms with E-state index < -0.39 is 0 Å². The highest BCUT2D eigenvalue weighted by Crippen LogP contribution is 2.06. The number of hydrogen-bond acceptors (Lipinski definition) is 0. The molecule has 72 valence electrons. The SMILES string of the molecule is ClCC=CCCCCCCCI. The summed E-state index contributed by atoms with van der Waals surface area (Å²) in [6, 6.07) is 0. The molecule has 0 bridgehead atoms. The van der Waals surface area contributed by atoms with E-state index >= 15 is 0 Å². The van der Waals surface area contributed by atoms with Crippen LogP contribution in [0.3, 0.4) is 0 Å². The van der Waals surface area contributed by atoms with Crippen LogP contribution in [-0.4, -0.2) is 10.3 Å². The van der Waals surface area contributed by atoms with Crippen LogP contribution >= 0.6 is 34.2 Å². The highest BCUT2D eigenvalue weighted by Gasteiger charge is 1.87. The zero-order valence-corrected chi connectivity index (χ0v) is 10.5. The maximum atomic E-state index is 5.50. The average molecular weight is 301 g/mol. The third-order valence-corrected chi connectivity index (χ3v) is 2.70. The molecule has 0 unspecified atom stereocenters. The van der Waals surface area contributed by atoms with E-state index in [-0.39, 0.29) is 0 Å². The summed E-state index contributed by atoms with van der Waals surface area (Å²) in [5, 5.41) is 0. The fourth-order valence-corrected chi connectivity index (χ4v) is 1.73. The zero-order valence-electron chi connectivity index (χ0n) is 7.57. The second-order valence-corrected chi connectivity index (χ2v) is 4.26. The highest BCUT2D eigenvalue weighted by molar-refractivity contribution is 14.1. The molecule has 0 heterocycles. The summed E-state index contributed by atoms with van der Waals surface area (Å²) in [5.41, 5.74) is 0. The number of hydrogen-bond donors (Lipinski definition) is 0. The zero-order chi connectivity index (χ0) is 9.07. The van der Waals surface area contributed by atoms with E-state index in [1.165, 1.54) is 43.0 Å². The lowest BCUT2D eigenvalue weighted by Crippen LogP contribution is -1.79. The van der Waals surface area contributed by atoms with Gasteiger partial charge >= 0.3 is 0 Å². The van der Waals surface area contributed by atoms with Gasteiger partial charge in [0.15, 0.2) is 0 Å². The predicted octanol–water partition coefficient (Wildman–Crippen LogP) is 4.56. The minimum absolute atomic E-state index is 0.662. The Morgan fingerprint density at radius 1 is 0.917 bits per heavy atom. The Hall–Kier alpha value is 0.760. The van der Waals surface area contributed by atoms with Crippen LogP contribution in [0.2, 0.25) is 0 Å². The molecule has 0 aliphatic heterocycles. The minimum atomic E-state index is 0.662. The summed E-state index contributed by atoms with van der Waals surface area (Å²) in [5.74, 6) is 0.662. The van der Waals surface area contributed by atoms with Crippen molar-refractivity contribution in [3.05, 3.63) is 12.2 Å². The van der Waals surface area contributed by atoms with Gasteiger partial charge in [-0.3, -0.25) is 0 Å². The van der Waals surface area contributed by atoms with Crippen LogP contribution in [0.5, 0.6) is 0 Å². The Bertz CT molecular complexity index is 102. The van der Waals surface area contributed by atoms with Crippen LogP contribution in [-0.2, 0) is 0 Å². The van der Waals surface area contributed by atoms with Crippen LogP contribution in [0.15, 0.2) is 12.2 Å². The Balaban J connectivity index is 2.86. The van der Waals surface area contributed by atoms with E-state index in [0.717, 1.165) is 0 Å². The van der Waals surface area contributed by atoms with E-state index in [9.17, 15) is 0 Å². The molecule has 0 aromatic rings. The van der Waals surface area contributed by atoms with E-state index in [4.69, 9.17) is 11.6 Å². The summed E-state index contributed by atoms with van der Waals surface area (Å²) < 4.78 is 1.31. The molecule has 0 radical (unpaired) electrons. The van der Waals surface area contributed by atoms with Gasteiger partial charge in [0.25, 0.3) is 0 Å². The molecule has 0 fully saturated rings. The summed E-state index contributed by atoms with van der Waals surface area (Å²) in [6.45, 7) is 0. The van der Waals surface area contributed by atoms with Crippen molar-refractivity contribution in [2.24, 2.45) is 0 Å². The lowest BCUT2D eigenvalue weighted by atomic mass is 10.1. The Labute approximate surface area is 94.9 Å². The van der Waals surface area contributed by atoms with Crippen LogP contribution in [0.4, 0.5) is 0 Å². The number of allylic oxidation sites excluding steroid dienone is 2. The fraction of sp³-hybridized carbons (Fsp3) is 0.800. The monoisotopic (exact) mass is 300 g/mol. The molecule has 0 aliphatic carbocycles. The van der Waals surface area contributed by atoms with Gasteiger partial charge in [-0.1, -0.05) is 54.0 Å². The maximum Gasteiger partial charge on any atom is 0.0404 e.